The zero-order valence-corrected chi connectivity index (χ0v) is 13.5. The van der Waals surface area contributed by atoms with Crippen LogP contribution in [-0.2, 0) is 18.4 Å². The number of likely N-dealkylation sites (tertiary alicyclic amines) is 1. The summed E-state index contributed by atoms with van der Waals surface area (Å²) in [6.07, 6.45) is 5.33. The van der Waals surface area contributed by atoms with Crippen molar-refractivity contribution in [3.63, 3.8) is 0 Å². The van der Waals surface area contributed by atoms with Gasteiger partial charge in [0.2, 0.25) is 5.91 Å². The third-order valence-electron chi connectivity index (χ3n) is 4.39. The van der Waals surface area contributed by atoms with Crippen LogP contribution in [0.1, 0.15) is 19.8 Å². The minimum Gasteiger partial charge on any atom is -0.353 e. The van der Waals surface area contributed by atoms with Crippen LogP contribution in [-0.4, -0.2) is 55.8 Å². The largest absolute Gasteiger partial charge is 0.353 e. The summed E-state index contributed by atoms with van der Waals surface area (Å²) < 4.78 is 2.86. The smallest absolute Gasteiger partial charge is 0.264 e. The van der Waals surface area contributed by atoms with Gasteiger partial charge in [0.05, 0.1) is 6.20 Å². The highest BCUT2D eigenvalue weighted by atomic mass is 16.2. The standard InChI is InChI=1S/C15H22N6O2/c1-11(20-5-3-4-6-20)7-16-13(22)9-21-10-17-14-12(15(21)23)8-18-19(14)2/h8,10-11H,3-7,9H2,1-2H3,(H,16,22)/t11-/m0/s1. The molecule has 124 valence electrons. The van der Waals surface area contributed by atoms with E-state index in [0.29, 0.717) is 23.6 Å². The average molecular weight is 318 g/mol. The minimum atomic E-state index is -0.245. The van der Waals surface area contributed by atoms with E-state index in [2.05, 4.69) is 27.2 Å². The Bertz CT molecular complexity index is 759. The zero-order valence-electron chi connectivity index (χ0n) is 13.5. The Kier molecular flexibility index (Phi) is 4.42. The summed E-state index contributed by atoms with van der Waals surface area (Å²) in [5, 5.41) is 7.34. The molecule has 1 N–H and O–H groups in total. The van der Waals surface area contributed by atoms with Gasteiger partial charge in [-0.15, -0.1) is 0 Å². The molecule has 0 unspecified atom stereocenters. The van der Waals surface area contributed by atoms with Crippen molar-refractivity contribution in [2.24, 2.45) is 7.05 Å². The van der Waals surface area contributed by atoms with Crippen LogP contribution in [0.4, 0.5) is 0 Å². The van der Waals surface area contributed by atoms with E-state index in [4.69, 9.17) is 0 Å². The number of nitrogens with zero attached hydrogens (tertiary/aromatic N) is 5. The molecule has 2 aromatic heterocycles. The van der Waals surface area contributed by atoms with Gasteiger partial charge in [0, 0.05) is 19.6 Å². The molecule has 3 rings (SSSR count). The fourth-order valence-corrected chi connectivity index (χ4v) is 2.96. The van der Waals surface area contributed by atoms with Gasteiger partial charge in [-0.1, -0.05) is 0 Å². The van der Waals surface area contributed by atoms with Crippen molar-refractivity contribution in [3.8, 4) is 0 Å². The molecule has 23 heavy (non-hydrogen) atoms. The van der Waals surface area contributed by atoms with Crippen molar-refractivity contribution < 1.29 is 4.79 Å². The fourth-order valence-electron chi connectivity index (χ4n) is 2.96. The molecule has 0 aromatic carbocycles. The summed E-state index contributed by atoms with van der Waals surface area (Å²) in [5.41, 5.74) is 0.278. The van der Waals surface area contributed by atoms with E-state index >= 15 is 0 Å². The van der Waals surface area contributed by atoms with E-state index in [1.54, 1.807) is 11.7 Å². The fraction of sp³-hybridized carbons (Fsp3) is 0.600. The molecular formula is C15H22N6O2. The Hall–Kier alpha value is -2.22. The van der Waals surface area contributed by atoms with Crippen LogP contribution < -0.4 is 10.9 Å². The molecule has 0 spiro atoms. The zero-order chi connectivity index (χ0) is 16.4. The van der Waals surface area contributed by atoms with Crippen LogP contribution in [0.25, 0.3) is 11.0 Å². The molecule has 1 fully saturated rings. The molecule has 2 aromatic rings. The van der Waals surface area contributed by atoms with Crippen molar-refractivity contribution in [2.75, 3.05) is 19.6 Å². The van der Waals surface area contributed by atoms with Gasteiger partial charge in [0.15, 0.2) is 5.65 Å². The Balaban J connectivity index is 1.61. The molecule has 3 heterocycles. The number of fused-ring (bicyclic) bond motifs is 1. The minimum absolute atomic E-state index is 0.0244. The number of nitrogens with one attached hydrogen (secondary N) is 1. The van der Waals surface area contributed by atoms with Crippen LogP contribution in [0.15, 0.2) is 17.3 Å². The number of carbonyl (C=O) groups excluding carboxylic acids is 1. The van der Waals surface area contributed by atoms with Crippen molar-refractivity contribution in [3.05, 3.63) is 22.9 Å². The van der Waals surface area contributed by atoms with Gasteiger partial charge in [-0.05, 0) is 32.9 Å². The highest BCUT2D eigenvalue weighted by molar-refractivity contribution is 5.77. The van der Waals surface area contributed by atoms with Gasteiger partial charge in [0.25, 0.3) is 5.56 Å². The molecule has 1 atom stereocenters. The number of hydrogen-bond donors (Lipinski definition) is 1. The normalized spacial score (nSPS) is 16.8. The third-order valence-corrected chi connectivity index (χ3v) is 4.39. The lowest BCUT2D eigenvalue weighted by Gasteiger charge is -2.23. The first-order valence-electron chi connectivity index (χ1n) is 7.94. The second-order valence-corrected chi connectivity index (χ2v) is 6.08. The van der Waals surface area contributed by atoms with Crippen LogP contribution in [0.2, 0.25) is 0 Å². The van der Waals surface area contributed by atoms with Gasteiger partial charge in [-0.25, -0.2) is 4.98 Å². The van der Waals surface area contributed by atoms with Gasteiger partial charge in [-0.2, -0.15) is 5.10 Å². The van der Waals surface area contributed by atoms with Crippen molar-refractivity contribution in [1.82, 2.24) is 29.5 Å². The molecule has 1 aliphatic rings. The summed E-state index contributed by atoms with van der Waals surface area (Å²) >= 11 is 0. The maximum Gasteiger partial charge on any atom is 0.264 e. The Morgan fingerprint density at radius 3 is 2.87 bits per heavy atom. The molecule has 8 heteroatoms. The third kappa shape index (κ3) is 3.26. The molecule has 1 amide bonds. The van der Waals surface area contributed by atoms with Crippen molar-refractivity contribution in [1.29, 1.82) is 0 Å². The molecule has 0 aliphatic carbocycles. The number of aryl methyl sites for hydroxylation is 1. The lowest BCUT2D eigenvalue weighted by atomic mass is 10.3. The molecule has 8 nitrogen and oxygen atoms in total. The summed E-state index contributed by atoms with van der Waals surface area (Å²) in [4.78, 5) is 31.0. The molecule has 0 bridgehead atoms. The van der Waals surface area contributed by atoms with Gasteiger partial charge < -0.3 is 5.32 Å². The van der Waals surface area contributed by atoms with E-state index in [0.717, 1.165) is 13.1 Å². The lowest BCUT2D eigenvalue weighted by molar-refractivity contribution is -0.121. The van der Waals surface area contributed by atoms with Gasteiger partial charge in [0.1, 0.15) is 18.3 Å². The SMILES string of the molecule is C[C@@H](CNC(=O)Cn1cnc2c(cnn2C)c1=O)N1CCCC1. The van der Waals surface area contributed by atoms with E-state index in [-0.39, 0.29) is 18.0 Å². The van der Waals surface area contributed by atoms with Crippen molar-refractivity contribution >= 4 is 16.9 Å². The predicted molar refractivity (Wildman–Crippen MR) is 86.0 cm³/mol. The van der Waals surface area contributed by atoms with E-state index < -0.39 is 0 Å². The van der Waals surface area contributed by atoms with Gasteiger partial charge >= 0.3 is 0 Å². The Labute approximate surface area is 134 Å². The first-order chi connectivity index (χ1) is 11.1. The maximum absolute atomic E-state index is 12.3. The second-order valence-electron chi connectivity index (χ2n) is 6.08. The summed E-state index contributed by atoms with van der Waals surface area (Å²) in [5.74, 6) is -0.178. The Morgan fingerprint density at radius 2 is 2.13 bits per heavy atom. The molecule has 1 saturated heterocycles. The number of aromatic nitrogens is 4. The highest BCUT2D eigenvalue weighted by Gasteiger charge is 2.18. The van der Waals surface area contributed by atoms with Crippen LogP contribution in [0.3, 0.4) is 0 Å². The molecule has 1 aliphatic heterocycles. The Morgan fingerprint density at radius 1 is 1.39 bits per heavy atom. The number of hydrogen-bond acceptors (Lipinski definition) is 5. The monoisotopic (exact) mass is 318 g/mol. The summed E-state index contributed by atoms with van der Waals surface area (Å²) in [7, 11) is 1.73. The highest BCUT2D eigenvalue weighted by Crippen LogP contribution is 2.10. The summed E-state index contributed by atoms with van der Waals surface area (Å²) in [6.45, 7) is 4.87. The predicted octanol–water partition coefficient (Wildman–Crippen LogP) is -0.269. The van der Waals surface area contributed by atoms with E-state index in [1.807, 2.05) is 0 Å². The van der Waals surface area contributed by atoms with Crippen molar-refractivity contribution in [2.45, 2.75) is 32.4 Å². The summed E-state index contributed by atoms with van der Waals surface area (Å²) in [6, 6.07) is 0.317. The van der Waals surface area contributed by atoms with E-state index in [1.165, 1.54) is 29.9 Å². The lowest BCUT2D eigenvalue weighted by Crippen LogP contribution is -2.42. The average Bonchev–Trinajstić information content (AvgIpc) is 3.18. The number of carbonyl (C=O) groups is 1. The van der Waals surface area contributed by atoms with Crippen LogP contribution in [0, 0.1) is 0 Å². The molecule has 0 radical (unpaired) electrons. The second kappa shape index (κ2) is 6.49. The first-order valence-corrected chi connectivity index (χ1v) is 7.94. The first kappa shape index (κ1) is 15.7. The van der Waals surface area contributed by atoms with Crippen LogP contribution in [0.5, 0.6) is 0 Å². The van der Waals surface area contributed by atoms with Crippen LogP contribution >= 0.6 is 0 Å². The maximum atomic E-state index is 12.3. The quantitative estimate of drug-likeness (QED) is 0.820. The molecule has 0 saturated carbocycles. The number of amides is 1. The topological polar surface area (TPSA) is 85.0 Å². The molecular weight excluding hydrogens is 296 g/mol. The van der Waals surface area contributed by atoms with E-state index in [9.17, 15) is 9.59 Å². The number of rotatable bonds is 5. The van der Waals surface area contributed by atoms with Gasteiger partial charge in [-0.3, -0.25) is 23.7 Å².